The van der Waals surface area contributed by atoms with Gasteiger partial charge in [0.2, 0.25) is 0 Å². The highest BCUT2D eigenvalue weighted by Crippen LogP contribution is 2.29. The molecule has 1 aromatic heterocycles. The van der Waals surface area contributed by atoms with Crippen LogP contribution >= 0.6 is 11.6 Å². The molecule has 2 atom stereocenters. The molecule has 1 heterocycles. The second-order valence-electron chi connectivity index (χ2n) is 5.42. The molecule has 1 rings (SSSR count). The molecule has 0 spiro atoms. The van der Waals surface area contributed by atoms with E-state index in [1.54, 1.807) is 13.3 Å². The highest BCUT2D eigenvalue weighted by molar-refractivity contribution is 6.31. The lowest BCUT2D eigenvalue weighted by molar-refractivity contribution is 0.181. The first-order valence-corrected chi connectivity index (χ1v) is 7.28. The van der Waals surface area contributed by atoms with E-state index in [9.17, 15) is 0 Å². The van der Waals surface area contributed by atoms with Gasteiger partial charge in [-0.25, -0.2) is 0 Å². The molecule has 0 aliphatic rings. The number of hydrogen-bond acceptors (Lipinski definition) is 3. The van der Waals surface area contributed by atoms with E-state index in [1.807, 2.05) is 4.68 Å². The molecule has 0 aliphatic carbocycles. The van der Waals surface area contributed by atoms with Gasteiger partial charge in [-0.15, -0.1) is 0 Å². The van der Waals surface area contributed by atoms with Crippen molar-refractivity contribution in [3.05, 3.63) is 16.9 Å². The predicted octanol–water partition coefficient (Wildman–Crippen LogP) is 2.92. The molecule has 0 saturated carbocycles. The van der Waals surface area contributed by atoms with E-state index in [2.05, 4.69) is 38.1 Å². The van der Waals surface area contributed by atoms with Gasteiger partial charge in [0.1, 0.15) is 0 Å². The van der Waals surface area contributed by atoms with Crippen LogP contribution in [0.15, 0.2) is 6.20 Å². The Hall–Kier alpha value is -0.580. The Morgan fingerprint density at radius 1 is 1.37 bits per heavy atom. The van der Waals surface area contributed by atoms with E-state index in [0.29, 0.717) is 24.5 Å². The van der Waals surface area contributed by atoms with Crippen molar-refractivity contribution in [2.24, 2.45) is 5.92 Å². The zero-order valence-electron chi connectivity index (χ0n) is 12.6. The lowest BCUT2D eigenvalue weighted by Gasteiger charge is -2.23. The van der Waals surface area contributed by atoms with Gasteiger partial charge in [0.05, 0.1) is 30.1 Å². The Balaban J connectivity index is 2.74. The maximum atomic E-state index is 6.28. The van der Waals surface area contributed by atoms with Gasteiger partial charge in [0, 0.05) is 19.1 Å². The maximum Gasteiger partial charge on any atom is 0.0820 e. The summed E-state index contributed by atoms with van der Waals surface area (Å²) in [6, 6.07) is 0.503. The quantitative estimate of drug-likeness (QED) is 0.799. The molecular formula is C14H26ClN3O. The van der Waals surface area contributed by atoms with Crippen molar-refractivity contribution >= 4 is 11.6 Å². The lowest BCUT2D eigenvalue weighted by atomic mass is 9.92. The Labute approximate surface area is 121 Å². The molecule has 0 amide bonds. The minimum Gasteiger partial charge on any atom is -0.383 e. The van der Waals surface area contributed by atoms with Crippen molar-refractivity contribution in [3.63, 3.8) is 0 Å². The highest BCUT2D eigenvalue weighted by atomic mass is 35.5. The first kappa shape index (κ1) is 16.5. The minimum atomic E-state index is 0.359. The van der Waals surface area contributed by atoms with Crippen LogP contribution in [0.1, 0.15) is 39.3 Å². The predicted molar refractivity (Wildman–Crippen MR) is 79.8 cm³/mol. The third kappa shape index (κ3) is 4.79. The number of rotatable bonds is 8. The Kier molecular flexibility index (Phi) is 6.83. The van der Waals surface area contributed by atoms with E-state index in [1.165, 1.54) is 0 Å². The lowest BCUT2D eigenvalue weighted by Crippen LogP contribution is -2.30. The summed E-state index contributed by atoms with van der Waals surface area (Å²) in [6.45, 7) is 11.1. The van der Waals surface area contributed by atoms with Crippen LogP contribution in [0, 0.1) is 5.92 Å². The summed E-state index contributed by atoms with van der Waals surface area (Å²) < 4.78 is 7.07. The SMILES string of the molecule is COCCn1ncc(Cl)c1C(C)C(C)CNC(C)C. The molecule has 0 aromatic carbocycles. The van der Waals surface area contributed by atoms with Crippen LogP contribution in [0.25, 0.3) is 0 Å². The van der Waals surface area contributed by atoms with Crippen LogP contribution in [-0.4, -0.2) is 36.1 Å². The van der Waals surface area contributed by atoms with Crippen LogP contribution < -0.4 is 5.32 Å². The molecule has 1 N–H and O–H groups in total. The van der Waals surface area contributed by atoms with E-state index < -0.39 is 0 Å². The van der Waals surface area contributed by atoms with Crippen LogP contribution in [0.5, 0.6) is 0 Å². The third-order valence-electron chi connectivity index (χ3n) is 3.47. The van der Waals surface area contributed by atoms with Crippen molar-refractivity contribution < 1.29 is 4.74 Å². The van der Waals surface area contributed by atoms with Gasteiger partial charge in [-0.2, -0.15) is 5.10 Å². The molecule has 110 valence electrons. The van der Waals surface area contributed by atoms with Crippen molar-refractivity contribution in [1.29, 1.82) is 0 Å². The number of aromatic nitrogens is 2. The van der Waals surface area contributed by atoms with Gasteiger partial charge in [0.25, 0.3) is 0 Å². The van der Waals surface area contributed by atoms with Crippen molar-refractivity contribution in [2.75, 3.05) is 20.3 Å². The first-order chi connectivity index (χ1) is 8.97. The second-order valence-corrected chi connectivity index (χ2v) is 5.83. The highest BCUT2D eigenvalue weighted by Gasteiger charge is 2.21. The Morgan fingerprint density at radius 2 is 2.05 bits per heavy atom. The van der Waals surface area contributed by atoms with Gasteiger partial charge in [-0.3, -0.25) is 4.68 Å². The zero-order chi connectivity index (χ0) is 14.4. The third-order valence-corrected chi connectivity index (χ3v) is 3.76. The van der Waals surface area contributed by atoms with Crippen molar-refractivity contribution in [2.45, 2.75) is 46.2 Å². The number of halogens is 1. The summed E-state index contributed by atoms with van der Waals surface area (Å²) in [5.41, 5.74) is 1.11. The summed E-state index contributed by atoms with van der Waals surface area (Å²) in [7, 11) is 1.70. The molecule has 0 radical (unpaired) electrons. The van der Waals surface area contributed by atoms with E-state index in [4.69, 9.17) is 16.3 Å². The molecule has 0 bridgehead atoms. The fourth-order valence-electron chi connectivity index (χ4n) is 2.05. The Morgan fingerprint density at radius 3 is 2.63 bits per heavy atom. The van der Waals surface area contributed by atoms with Gasteiger partial charge in [-0.1, -0.05) is 39.3 Å². The number of nitrogens with one attached hydrogen (secondary N) is 1. The number of ether oxygens (including phenoxy) is 1. The molecule has 4 nitrogen and oxygen atoms in total. The summed E-state index contributed by atoms with van der Waals surface area (Å²) in [5, 5.41) is 8.56. The monoisotopic (exact) mass is 287 g/mol. The minimum absolute atomic E-state index is 0.359. The fourth-order valence-corrected chi connectivity index (χ4v) is 2.36. The molecule has 1 aromatic rings. The van der Waals surface area contributed by atoms with E-state index >= 15 is 0 Å². The molecule has 0 saturated heterocycles. The largest absolute Gasteiger partial charge is 0.383 e. The number of nitrogens with zero attached hydrogens (tertiary/aromatic N) is 2. The summed E-state index contributed by atoms with van der Waals surface area (Å²) in [5.74, 6) is 0.857. The smallest absolute Gasteiger partial charge is 0.0820 e. The van der Waals surface area contributed by atoms with Crippen LogP contribution in [0.2, 0.25) is 5.02 Å². The molecule has 5 heteroatoms. The Bertz CT molecular complexity index is 379. The standard InChI is InChI=1S/C14H26ClN3O/c1-10(2)16-8-11(3)12(4)14-13(15)9-17-18(14)6-7-19-5/h9-12,16H,6-8H2,1-5H3. The summed E-state index contributed by atoms with van der Waals surface area (Å²) >= 11 is 6.28. The van der Waals surface area contributed by atoms with Crippen molar-refractivity contribution in [1.82, 2.24) is 15.1 Å². The average molecular weight is 288 g/mol. The number of methoxy groups -OCH3 is 1. The summed E-state index contributed by atoms with van der Waals surface area (Å²) in [4.78, 5) is 0. The zero-order valence-corrected chi connectivity index (χ0v) is 13.4. The van der Waals surface area contributed by atoms with E-state index in [-0.39, 0.29) is 0 Å². The second kappa shape index (κ2) is 7.88. The van der Waals surface area contributed by atoms with Crippen LogP contribution in [-0.2, 0) is 11.3 Å². The van der Waals surface area contributed by atoms with Gasteiger partial charge in [-0.05, 0) is 12.5 Å². The van der Waals surface area contributed by atoms with Crippen molar-refractivity contribution in [3.8, 4) is 0 Å². The maximum absolute atomic E-state index is 6.28. The topological polar surface area (TPSA) is 39.1 Å². The molecule has 19 heavy (non-hydrogen) atoms. The average Bonchev–Trinajstić information content (AvgIpc) is 2.73. The normalized spacial score (nSPS) is 14.9. The molecular weight excluding hydrogens is 262 g/mol. The summed E-state index contributed by atoms with van der Waals surface area (Å²) in [6.07, 6.45) is 1.73. The fraction of sp³-hybridized carbons (Fsp3) is 0.786. The van der Waals surface area contributed by atoms with Gasteiger partial charge in [0.15, 0.2) is 0 Å². The van der Waals surface area contributed by atoms with Crippen LogP contribution in [0.3, 0.4) is 0 Å². The molecule has 0 aliphatic heterocycles. The van der Waals surface area contributed by atoms with Gasteiger partial charge >= 0.3 is 0 Å². The van der Waals surface area contributed by atoms with E-state index in [0.717, 1.165) is 23.8 Å². The first-order valence-electron chi connectivity index (χ1n) is 6.90. The van der Waals surface area contributed by atoms with Crippen LogP contribution in [0.4, 0.5) is 0 Å². The van der Waals surface area contributed by atoms with Gasteiger partial charge < -0.3 is 10.1 Å². The molecule has 2 unspecified atom stereocenters. The molecule has 0 fully saturated rings. The number of hydrogen-bond donors (Lipinski definition) is 1.